The molecule has 2 heterocycles. The number of pyridine rings is 2. The van der Waals surface area contributed by atoms with Crippen molar-refractivity contribution < 1.29 is 70.0 Å². The van der Waals surface area contributed by atoms with Gasteiger partial charge in [-0.15, -0.1) is 0 Å². The number of carbonyl (C=O) groups excluding carboxylic acids is 2. The number of sulfonamides is 2. The van der Waals surface area contributed by atoms with Crippen LogP contribution in [0.1, 0.15) is 153 Å². The molecule has 2 saturated carbocycles. The van der Waals surface area contributed by atoms with E-state index in [-0.39, 0.29) is 64.4 Å². The van der Waals surface area contributed by atoms with Gasteiger partial charge in [-0.2, -0.15) is 24.6 Å². The van der Waals surface area contributed by atoms with Crippen molar-refractivity contribution in [2.75, 3.05) is 6.54 Å². The molecule has 20 heteroatoms. The second kappa shape index (κ2) is 44.8. The number of para-hydroxylation sites is 2. The molecule has 0 bridgehead atoms. The first-order chi connectivity index (χ1) is 54.8. The van der Waals surface area contributed by atoms with Crippen LogP contribution in [0.4, 0.5) is 0 Å². The molecule has 1 radical (unpaired) electrons. The summed E-state index contributed by atoms with van der Waals surface area (Å²) in [5.74, 6) is -0.985. The van der Waals surface area contributed by atoms with E-state index in [2.05, 4.69) is 117 Å². The van der Waals surface area contributed by atoms with Crippen molar-refractivity contribution in [3.05, 3.63) is 349 Å². The van der Waals surface area contributed by atoms with E-state index in [0.717, 1.165) is 49.8 Å². The predicted molar refractivity (Wildman–Crippen MR) is 473 cm³/mol. The molecule has 2 aromatic heterocycles. The Labute approximate surface area is 713 Å². The number of carbonyl (C=O) groups is 2. The number of nitrogens with one attached hydrogen (secondary N) is 1. The van der Waals surface area contributed by atoms with Crippen LogP contribution >= 0.6 is 19.7 Å². The molecule has 14 nitrogen and oxygen atoms in total. The summed E-state index contributed by atoms with van der Waals surface area (Å²) in [6.45, 7) is 18.0. The zero-order valence-electron chi connectivity index (χ0n) is 67.1. The molecule has 14 rings (SSSR count). The van der Waals surface area contributed by atoms with Gasteiger partial charge in [0.15, 0.2) is 6.04 Å². The van der Waals surface area contributed by atoms with Crippen LogP contribution in [0.5, 0.6) is 0 Å². The first-order valence-electron chi connectivity index (χ1n) is 38.8. The summed E-state index contributed by atoms with van der Waals surface area (Å²) in [6, 6.07) is 93.9. The maximum Gasteiger partial charge on any atom is 0.333 e. The van der Waals surface area contributed by atoms with Gasteiger partial charge >= 0.3 is 11.9 Å². The third-order valence-electron chi connectivity index (χ3n) is 18.1. The third kappa shape index (κ3) is 28.5. The summed E-state index contributed by atoms with van der Waals surface area (Å²) in [5.41, 5.74) is 6.36. The minimum Gasteiger partial charge on any atom is -0.459 e. The summed E-state index contributed by atoms with van der Waals surface area (Å²) >= 11 is 2.21. The molecule has 607 valence electrons. The van der Waals surface area contributed by atoms with E-state index in [9.17, 15) is 26.4 Å². The molecule has 0 saturated heterocycles. The van der Waals surface area contributed by atoms with E-state index in [1.165, 1.54) is 69.7 Å². The Kier molecular flexibility index (Phi) is 35.6. The number of esters is 2. The van der Waals surface area contributed by atoms with E-state index in [1.54, 1.807) is 117 Å². The van der Waals surface area contributed by atoms with Crippen molar-refractivity contribution in [1.29, 1.82) is 0 Å². The molecule has 0 spiro atoms. The van der Waals surface area contributed by atoms with E-state index >= 15 is 0 Å². The first kappa shape index (κ1) is 92.2. The maximum absolute atomic E-state index is 14.1. The molecule has 2 aliphatic rings. The van der Waals surface area contributed by atoms with Crippen molar-refractivity contribution in [2.45, 2.75) is 162 Å². The van der Waals surface area contributed by atoms with E-state index in [0.29, 0.717) is 32.4 Å². The topological polar surface area (TPSA) is 196 Å². The zero-order chi connectivity index (χ0) is 81.0. The monoisotopic (exact) mass is 1710 g/mol. The van der Waals surface area contributed by atoms with E-state index in [4.69, 9.17) is 14.5 Å². The van der Waals surface area contributed by atoms with Crippen LogP contribution in [-0.4, -0.2) is 95.8 Å². The predicted octanol–water partition coefficient (Wildman–Crippen LogP) is 20.9. The average Bonchev–Trinajstić information content (AvgIpc) is 0.831. The molecule has 2 aliphatic carbocycles. The van der Waals surface area contributed by atoms with Crippen LogP contribution in [0.2, 0.25) is 0 Å². The molecule has 12 aromatic rings. The normalized spacial score (nSPS) is 14.5. The summed E-state index contributed by atoms with van der Waals surface area (Å²) in [4.78, 5) is 44.1. The Morgan fingerprint density at radius 1 is 0.483 bits per heavy atom. The van der Waals surface area contributed by atoms with Gasteiger partial charge in [0.25, 0.3) is 10.0 Å². The quantitative estimate of drug-likeness (QED) is 0.0330. The van der Waals surface area contributed by atoms with E-state index < -0.39 is 49.3 Å². The molecular weight excluding hydrogens is 1610 g/mol. The Balaban J connectivity index is 0.000000197. The molecule has 2 fully saturated rings. The minimum atomic E-state index is -4.21. The Bertz CT molecular complexity index is 5220. The third-order valence-corrected chi connectivity index (χ3v) is 25.6. The number of benzene rings is 10. The molecule has 0 aliphatic heterocycles. The fourth-order valence-electron chi connectivity index (χ4n) is 13.2. The number of ether oxygens (including phenoxy) is 2. The fraction of sp³-hybridized carbons (Fsp3) is 0.260. The van der Waals surface area contributed by atoms with Gasteiger partial charge in [-0.25, -0.2) is 17.9 Å². The first-order valence-corrected chi connectivity index (χ1v) is 44.0. The number of fused-ring (bicyclic) bond motifs is 2. The van der Waals surface area contributed by atoms with Gasteiger partial charge in [0, 0.05) is 95.8 Å². The smallest absolute Gasteiger partial charge is 0.333 e. The van der Waals surface area contributed by atoms with Gasteiger partial charge in [0.1, 0.15) is 27.5 Å². The molecular formula is C96H103CuFeN6O8PS3. The summed E-state index contributed by atoms with van der Waals surface area (Å²) in [6.07, 6.45) is 16.1. The molecule has 1 N–H and O–H groups in total. The number of aromatic nitrogens is 2. The SMILES string of the molecule is C1CCCC1.CC(C)(C)OC(=O)CN=C(c1ccccc1)c1ccccc1.CC(C)(C)OC(=O)[C@@H](N=C(c1ccccc1)c1ccccc1)C(NS(=O)(=O)c1cccc2cccnc12)c1ccccc1.CC(C)(C)SC1CCCC1P(c1ccccc1)c1ccccc1.O=S(=O)(N=Cc1ccccc1)c1cccc2cccnc12.[Cu].[Fe]. The van der Waals surface area contributed by atoms with Gasteiger partial charge in [-0.1, -0.05) is 338 Å². The van der Waals surface area contributed by atoms with Crippen LogP contribution in [0.25, 0.3) is 21.8 Å². The fourth-order valence-corrected chi connectivity index (χ4v) is 20.7. The van der Waals surface area contributed by atoms with Gasteiger partial charge in [-0.3, -0.25) is 24.7 Å². The van der Waals surface area contributed by atoms with Gasteiger partial charge in [-0.05, 0) is 114 Å². The van der Waals surface area contributed by atoms with Crippen molar-refractivity contribution in [3.8, 4) is 0 Å². The van der Waals surface area contributed by atoms with Crippen LogP contribution in [-0.2, 0) is 73.2 Å². The Morgan fingerprint density at radius 2 is 0.879 bits per heavy atom. The van der Waals surface area contributed by atoms with Gasteiger partial charge in [0.2, 0.25) is 10.0 Å². The number of hydrogen-bond donors (Lipinski definition) is 1. The second-order valence-electron chi connectivity index (χ2n) is 30.5. The van der Waals surface area contributed by atoms with Crippen molar-refractivity contribution >= 4 is 102 Å². The molecule has 0 amide bonds. The number of nitrogens with zero attached hydrogens (tertiary/aromatic N) is 5. The molecule has 10 aromatic carbocycles. The Hall–Kier alpha value is -9.35. The number of hydrogen-bond acceptors (Lipinski definition) is 13. The molecule has 4 atom stereocenters. The maximum atomic E-state index is 14.1. The largest absolute Gasteiger partial charge is 0.459 e. The van der Waals surface area contributed by atoms with Crippen molar-refractivity contribution in [1.82, 2.24) is 14.7 Å². The van der Waals surface area contributed by atoms with E-state index in [1.807, 2.05) is 178 Å². The summed E-state index contributed by atoms with van der Waals surface area (Å²) in [7, 11) is -8.25. The number of aliphatic imine (C=N–C) groups is 2. The summed E-state index contributed by atoms with van der Waals surface area (Å²) < 4.78 is 71.1. The standard InChI is InChI=1S/C35H33N3O4S.C21H27PS.C19H21NO2.C16H12N2O2S.C5H10.Cu.Fe/c1-35(2,3)42-34(39)33(37-30(25-15-7-4-8-16-25)26-17-9-5-10-18-26)32(28-19-11-6-12-20-28)38-43(40,41)29-23-13-21-27-22-14-24-36-31(27)29;1-21(2,3)23-20-16-10-15-19(20)22(17-11-6-4-7-12-17)18-13-8-5-9-14-18;1-19(2,3)22-17(21)14-20-18(15-10-6-4-7-11-15)16-12-8-5-9-13-16;19-21(20,18-12-13-6-2-1-3-7-13)15-10-4-8-14-9-5-11-17-16(14)15;1-2-4-5-3-1;;/h4-24,32-33,38H,1-3H3;4-9,11-14,19-20H,10,15-16H2,1-3H3;4-13H,14H2,1-3H3;1-12H;1-5H2;;/t32?,33-;;;;;;/m0....../s1. The van der Waals surface area contributed by atoms with Gasteiger partial charge in [0.05, 0.1) is 28.5 Å². The van der Waals surface area contributed by atoms with Gasteiger partial charge < -0.3 is 9.47 Å². The Morgan fingerprint density at radius 3 is 1.32 bits per heavy atom. The second-order valence-corrected chi connectivity index (χ2v) is 38.3. The van der Waals surface area contributed by atoms with Crippen molar-refractivity contribution in [2.24, 2.45) is 14.4 Å². The molecule has 3 unspecified atom stereocenters. The van der Waals surface area contributed by atoms with Crippen LogP contribution < -0.4 is 15.3 Å². The zero-order valence-corrected chi connectivity index (χ0v) is 72.5. The number of rotatable bonds is 20. The average molecular weight is 1720 g/mol. The van der Waals surface area contributed by atoms with Crippen LogP contribution in [0, 0.1) is 0 Å². The van der Waals surface area contributed by atoms with Crippen molar-refractivity contribution in [3.63, 3.8) is 0 Å². The van der Waals surface area contributed by atoms with Crippen LogP contribution in [0.3, 0.4) is 0 Å². The minimum absolute atomic E-state index is 0. The molecule has 116 heavy (non-hydrogen) atoms. The summed E-state index contributed by atoms with van der Waals surface area (Å²) in [5, 5.41) is 5.33. The van der Waals surface area contributed by atoms with Crippen LogP contribution in [0.15, 0.2) is 340 Å². The number of thioether (sulfide) groups is 1.